The largest absolute Gasteiger partial charge is 0.358 e. The monoisotopic (exact) mass is 415 g/mol. The molecule has 1 saturated carbocycles. The fraction of sp³-hybridized carbons (Fsp3) is 0.412. The third-order valence-corrected chi connectivity index (χ3v) is 6.34. The fourth-order valence-electron chi connectivity index (χ4n) is 3.23. The zero-order chi connectivity index (χ0) is 17.8. The number of rotatable bonds is 5. The molecule has 0 saturated heterocycles. The summed E-state index contributed by atoms with van der Waals surface area (Å²) in [5.41, 5.74) is 6.24. The van der Waals surface area contributed by atoms with E-state index in [1.54, 1.807) is 18.2 Å². The number of benzene rings is 1. The summed E-state index contributed by atoms with van der Waals surface area (Å²) in [6.07, 6.45) is 6.84. The Hall–Kier alpha value is -0.950. The first-order valence-corrected chi connectivity index (χ1v) is 10.4. The quantitative estimate of drug-likeness (QED) is 0.388. The molecule has 3 atom stereocenters. The third kappa shape index (κ3) is 5.03. The molecule has 0 spiro atoms. The molecule has 1 aromatic carbocycles. The van der Waals surface area contributed by atoms with Crippen molar-refractivity contribution < 1.29 is 4.79 Å². The highest BCUT2D eigenvalue weighted by atomic mass is 35.5. The molecule has 2 bridgehead atoms. The lowest BCUT2D eigenvalue weighted by molar-refractivity contribution is -0.119. The van der Waals surface area contributed by atoms with Crippen LogP contribution in [0.25, 0.3) is 0 Å². The standard InChI is InChI=1S/C17H19Cl2N3OS2/c18-13-2-1-3-14(19)12(13)8-25-9-16(23)21-22-17(24)20-15-7-10-4-5-11(15)6-10/h1-5,10-11,15H,6-9H2,(H,21,23)(H2,20,22,24)/t10-,11+,15-/m0/s1. The number of hydrazine groups is 1. The molecule has 25 heavy (non-hydrogen) atoms. The van der Waals surface area contributed by atoms with Gasteiger partial charge >= 0.3 is 0 Å². The van der Waals surface area contributed by atoms with Crippen LogP contribution in [0, 0.1) is 11.8 Å². The number of carbonyl (C=O) groups is 1. The van der Waals surface area contributed by atoms with Gasteiger partial charge in [-0.2, -0.15) is 0 Å². The van der Waals surface area contributed by atoms with Gasteiger partial charge in [0.05, 0.1) is 5.75 Å². The summed E-state index contributed by atoms with van der Waals surface area (Å²) >= 11 is 18.9. The lowest BCUT2D eigenvalue weighted by atomic mass is 10.0. The van der Waals surface area contributed by atoms with Crippen LogP contribution >= 0.6 is 47.2 Å². The predicted octanol–water partition coefficient (Wildman–Crippen LogP) is 3.69. The molecule has 8 heteroatoms. The van der Waals surface area contributed by atoms with Gasteiger partial charge in [-0.25, -0.2) is 0 Å². The SMILES string of the molecule is O=C(CSCc1c(Cl)cccc1Cl)NNC(=S)N[C@H]1C[C@H]2C=C[C@@H]1C2. The van der Waals surface area contributed by atoms with Crippen LogP contribution in [-0.2, 0) is 10.5 Å². The van der Waals surface area contributed by atoms with Crippen molar-refractivity contribution in [2.45, 2.75) is 24.6 Å². The summed E-state index contributed by atoms with van der Waals surface area (Å²) in [5.74, 6) is 1.94. The maximum Gasteiger partial charge on any atom is 0.248 e. The van der Waals surface area contributed by atoms with E-state index in [1.165, 1.54) is 18.2 Å². The summed E-state index contributed by atoms with van der Waals surface area (Å²) in [5, 5.41) is 4.96. The highest BCUT2D eigenvalue weighted by molar-refractivity contribution is 7.99. The van der Waals surface area contributed by atoms with Crippen molar-refractivity contribution >= 4 is 58.2 Å². The maximum absolute atomic E-state index is 11.9. The Labute approximate surface area is 167 Å². The Morgan fingerprint density at radius 2 is 1.96 bits per heavy atom. The minimum absolute atomic E-state index is 0.148. The van der Waals surface area contributed by atoms with Gasteiger partial charge in [-0.05, 0) is 54.6 Å². The highest BCUT2D eigenvalue weighted by Crippen LogP contribution is 2.38. The molecule has 1 aromatic rings. The Kier molecular flexibility index (Phi) is 6.49. The number of allylic oxidation sites excluding steroid dienone is 1. The van der Waals surface area contributed by atoms with Crippen molar-refractivity contribution in [1.82, 2.24) is 16.2 Å². The Balaban J connectivity index is 1.34. The number of hydrogen-bond donors (Lipinski definition) is 3. The molecule has 3 N–H and O–H groups in total. The minimum atomic E-state index is -0.148. The molecule has 2 aliphatic carbocycles. The second-order valence-electron chi connectivity index (χ2n) is 6.23. The fourth-order valence-corrected chi connectivity index (χ4v) is 5.00. The van der Waals surface area contributed by atoms with E-state index in [2.05, 4.69) is 28.3 Å². The second kappa shape index (κ2) is 8.62. The number of nitrogens with one attached hydrogen (secondary N) is 3. The molecular formula is C17H19Cl2N3OS2. The van der Waals surface area contributed by atoms with Crippen LogP contribution in [0.5, 0.6) is 0 Å². The number of halogens is 2. The summed E-state index contributed by atoms with van der Waals surface area (Å²) in [6, 6.07) is 5.75. The number of thiocarbonyl (C=S) groups is 1. The molecule has 1 amide bonds. The van der Waals surface area contributed by atoms with Crippen LogP contribution < -0.4 is 16.2 Å². The second-order valence-corrected chi connectivity index (χ2v) is 8.43. The number of thioether (sulfide) groups is 1. The summed E-state index contributed by atoms with van der Waals surface area (Å²) in [4.78, 5) is 11.9. The van der Waals surface area contributed by atoms with E-state index in [4.69, 9.17) is 35.4 Å². The number of carbonyl (C=O) groups excluding carboxylic acids is 1. The first-order chi connectivity index (χ1) is 12.0. The maximum atomic E-state index is 11.9. The Morgan fingerprint density at radius 3 is 2.60 bits per heavy atom. The van der Waals surface area contributed by atoms with E-state index < -0.39 is 0 Å². The van der Waals surface area contributed by atoms with Crippen LogP contribution in [0.2, 0.25) is 10.0 Å². The molecule has 0 unspecified atom stereocenters. The van der Waals surface area contributed by atoms with Crippen molar-refractivity contribution in [3.05, 3.63) is 46.0 Å². The van der Waals surface area contributed by atoms with Crippen LogP contribution in [0.4, 0.5) is 0 Å². The van der Waals surface area contributed by atoms with E-state index in [-0.39, 0.29) is 11.7 Å². The third-order valence-electron chi connectivity index (χ3n) is 4.45. The number of amides is 1. The van der Waals surface area contributed by atoms with E-state index in [9.17, 15) is 4.79 Å². The van der Waals surface area contributed by atoms with Gasteiger partial charge in [0.25, 0.3) is 0 Å². The van der Waals surface area contributed by atoms with Gasteiger partial charge in [0.1, 0.15) is 0 Å². The highest BCUT2D eigenvalue weighted by Gasteiger charge is 2.35. The zero-order valence-corrected chi connectivity index (χ0v) is 16.6. The van der Waals surface area contributed by atoms with Gasteiger partial charge in [0.2, 0.25) is 5.91 Å². The number of hydrogen-bond acceptors (Lipinski definition) is 3. The van der Waals surface area contributed by atoms with Crippen molar-refractivity contribution in [2.24, 2.45) is 11.8 Å². The molecule has 0 radical (unpaired) electrons. The van der Waals surface area contributed by atoms with Crippen LogP contribution in [0.15, 0.2) is 30.4 Å². The smallest absolute Gasteiger partial charge is 0.248 e. The Morgan fingerprint density at radius 1 is 1.20 bits per heavy atom. The molecule has 2 aliphatic rings. The normalized spacial score (nSPS) is 23.5. The summed E-state index contributed by atoms with van der Waals surface area (Å²) in [6.45, 7) is 0. The van der Waals surface area contributed by atoms with Gasteiger partial charge in [0.15, 0.2) is 5.11 Å². The molecule has 4 nitrogen and oxygen atoms in total. The lowest BCUT2D eigenvalue weighted by Gasteiger charge is -2.22. The lowest BCUT2D eigenvalue weighted by Crippen LogP contribution is -2.50. The number of fused-ring (bicyclic) bond motifs is 2. The minimum Gasteiger partial charge on any atom is -0.358 e. The van der Waals surface area contributed by atoms with Gasteiger partial charge in [0, 0.05) is 21.8 Å². The average Bonchev–Trinajstić information content (AvgIpc) is 3.18. The van der Waals surface area contributed by atoms with Crippen molar-refractivity contribution in [1.29, 1.82) is 0 Å². The molecule has 0 aliphatic heterocycles. The molecule has 3 rings (SSSR count). The van der Waals surface area contributed by atoms with Crippen LogP contribution in [-0.4, -0.2) is 22.8 Å². The molecule has 0 aromatic heterocycles. The van der Waals surface area contributed by atoms with Crippen LogP contribution in [0.3, 0.4) is 0 Å². The molecule has 134 valence electrons. The predicted molar refractivity (Wildman–Crippen MR) is 109 cm³/mol. The summed E-state index contributed by atoms with van der Waals surface area (Å²) < 4.78 is 0. The van der Waals surface area contributed by atoms with Gasteiger partial charge in [-0.3, -0.25) is 15.6 Å². The van der Waals surface area contributed by atoms with E-state index >= 15 is 0 Å². The Bertz CT molecular complexity index is 678. The van der Waals surface area contributed by atoms with Crippen LogP contribution in [0.1, 0.15) is 18.4 Å². The van der Waals surface area contributed by atoms with Crippen molar-refractivity contribution in [2.75, 3.05) is 5.75 Å². The molecular weight excluding hydrogens is 397 g/mol. The topological polar surface area (TPSA) is 53.2 Å². The molecule has 0 heterocycles. The average molecular weight is 416 g/mol. The van der Waals surface area contributed by atoms with E-state index in [0.29, 0.717) is 38.8 Å². The van der Waals surface area contributed by atoms with E-state index in [0.717, 1.165) is 12.0 Å². The zero-order valence-electron chi connectivity index (χ0n) is 13.4. The van der Waals surface area contributed by atoms with Gasteiger partial charge in [-0.1, -0.05) is 41.4 Å². The van der Waals surface area contributed by atoms with E-state index in [1.807, 2.05) is 0 Å². The van der Waals surface area contributed by atoms with Crippen molar-refractivity contribution in [3.8, 4) is 0 Å². The molecule has 1 fully saturated rings. The summed E-state index contributed by atoms with van der Waals surface area (Å²) in [7, 11) is 0. The van der Waals surface area contributed by atoms with Crippen molar-refractivity contribution in [3.63, 3.8) is 0 Å². The van der Waals surface area contributed by atoms with Gasteiger partial charge in [-0.15, -0.1) is 11.8 Å². The first-order valence-electron chi connectivity index (χ1n) is 8.07. The first kappa shape index (κ1) is 18.8. The van der Waals surface area contributed by atoms with Gasteiger partial charge < -0.3 is 5.32 Å².